The molecule has 0 radical (unpaired) electrons. The van der Waals surface area contributed by atoms with Crippen LogP contribution in [0.4, 0.5) is 0 Å². The molecule has 1 heterocycles. The largest absolute Gasteiger partial charge is 0.485 e. The maximum Gasteiger partial charge on any atom is 0.127 e. The Balaban J connectivity index is 1.99. The van der Waals surface area contributed by atoms with E-state index in [1.165, 1.54) is 0 Å². The molecule has 2 aromatic carbocycles. The first-order valence-corrected chi connectivity index (χ1v) is 7.28. The van der Waals surface area contributed by atoms with E-state index >= 15 is 0 Å². The molecule has 2 nitrogen and oxygen atoms in total. The molecule has 0 amide bonds. The summed E-state index contributed by atoms with van der Waals surface area (Å²) in [6.07, 6.45) is 0.675. The van der Waals surface area contributed by atoms with E-state index < -0.39 is 0 Å². The summed E-state index contributed by atoms with van der Waals surface area (Å²) in [4.78, 5) is 0. The van der Waals surface area contributed by atoms with E-state index in [2.05, 4.69) is 15.9 Å². The fraction of sp³-hybridized carbons (Fsp3) is 0.200. The molecule has 0 aromatic heterocycles. The van der Waals surface area contributed by atoms with Crippen molar-refractivity contribution in [2.75, 3.05) is 0 Å². The van der Waals surface area contributed by atoms with E-state index in [0.717, 1.165) is 27.8 Å². The van der Waals surface area contributed by atoms with Crippen LogP contribution in [0.25, 0.3) is 0 Å². The molecule has 0 fully saturated rings. The van der Waals surface area contributed by atoms with Crippen LogP contribution in [0.5, 0.6) is 5.75 Å². The SMILES string of the molecule is N[C@H]1CC(c2cc(Cl)ccc2Br)Oc2ccccc21. The van der Waals surface area contributed by atoms with Crippen LogP contribution in [0.3, 0.4) is 0 Å². The summed E-state index contributed by atoms with van der Waals surface area (Å²) in [7, 11) is 0. The fourth-order valence-corrected chi connectivity index (χ4v) is 3.09. The molecular weight excluding hydrogens is 326 g/mol. The maximum atomic E-state index is 6.23. The molecule has 19 heavy (non-hydrogen) atoms. The normalized spacial score (nSPS) is 21.6. The predicted molar refractivity (Wildman–Crippen MR) is 80.5 cm³/mol. The van der Waals surface area contributed by atoms with Gasteiger partial charge in [-0.1, -0.05) is 45.7 Å². The summed E-state index contributed by atoms with van der Waals surface area (Å²) >= 11 is 9.61. The van der Waals surface area contributed by atoms with Gasteiger partial charge in [0.1, 0.15) is 11.9 Å². The fourth-order valence-electron chi connectivity index (χ4n) is 2.40. The first-order valence-electron chi connectivity index (χ1n) is 6.11. The summed E-state index contributed by atoms with van der Waals surface area (Å²) in [6, 6.07) is 13.6. The lowest BCUT2D eigenvalue weighted by molar-refractivity contribution is 0.161. The third-order valence-electron chi connectivity index (χ3n) is 3.36. The van der Waals surface area contributed by atoms with Crippen molar-refractivity contribution in [1.82, 2.24) is 0 Å². The van der Waals surface area contributed by atoms with Gasteiger partial charge in [0.05, 0.1) is 0 Å². The molecule has 1 aliphatic rings. The molecule has 2 aromatic rings. The van der Waals surface area contributed by atoms with Crippen LogP contribution >= 0.6 is 27.5 Å². The number of hydrogen-bond donors (Lipinski definition) is 1. The minimum absolute atomic E-state index is 0.0131. The first kappa shape index (κ1) is 13.0. The molecule has 3 rings (SSSR count). The van der Waals surface area contributed by atoms with Crippen molar-refractivity contribution in [2.45, 2.75) is 18.6 Å². The number of ether oxygens (including phenoxy) is 1. The standard InChI is InChI=1S/C15H13BrClNO/c16-12-6-5-9(17)7-11(12)15-8-13(18)10-3-1-2-4-14(10)19-15/h1-7,13,15H,8,18H2/t13-,15?/m0/s1. The molecule has 0 spiro atoms. The van der Waals surface area contributed by atoms with Gasteiger partial charge in [-0.15, -0.1) is 0 Å². The Morgan fingerprint density at radius 2 is 1.95 bits per heavy atom. The number of rotatable bonds is 1. The highest BCUT2D eigenvalue weighted by atomic mass is 79.9. The Morgan fingerprint density at radius 3 is 2.79 bits per heavy atom. The second-order valence-corrected chi connectivity index (χ2v) is 5.94. The van der Waals surface area contributed by atoms with E-state index in [0.29, 0.717) is 5.02 Å². The van der Waals surface area contributed by atoms with Gasteiger partial charge in [0, 0.05) is 33.1 Å². The molecule has 1 unspecified atom stereocenters. The zero-order valence-electron chi connectivity index (χ0n) is 10.1. The zero-order valence-corrected chi connectivity index (χ0v) is 12.5. The van der Waals surface area contributed by atoms with Crippen molar-refractivity contribution in [3.63, 3.8) is 0 Å². The second-order valence-electron chi connectivity index (χ2n) is 4.65. The topological polar surface area (TPSA) is 35.2 Å². The second kappa shape index (κ2) is 5.16. The molecule has 0 saturated carbocycles. The lowest BCUT2D eigenvalue weighted by atomic mass is 9.94. The highest BCUT2D eigenvalue weighted by Crippen LogP contribution is 2.41. The van der Waals surface area contributed by atoms with Gasteiger partial charge in [-0.05, 0) is 24.3 Å². The Kier molecular flexibility index (Phi) is 3.52. The minimum atomic E-state index is -0.0713. The third-order valence-corrected chi connectivity index (χ3v) is 4.32. The van der Waals surface area contributed by atoms with Crippen molar-refractivity contribution < 1.29 is 4.74 Å². The molecular formula is C15H13BrClNO. The Bertz CT molecular complexity index is 617. The molecule has 98 valence electrons. The highest BCUT2D eigenvalue weighted by Gasteiger charge is 2.28. The van der Waals surface area contributed by atoms with Crippen molar-refractivity contribution in [3.8, 4) is 5.75 Å². The average Bonchev–Trinajstić information content (AvgIpc) is 2.41. The van der Waals surface area contributed by atoms with Gasteiger partial charge in [0.2, 0.25) is 0 Å². The van der Waals surface area contributed by atoms with Gasteiger partial charge in [-0.2, -0.15) is 0 Å². The van der Waals surface area contributed by atoms with Gasteiger partial charge in [-0.25, -0.2) is 0 Å². The van der Waals surface area contributed by atoms with Crippen LogP contribution in [0.1, 0.15) is 29.7 Å². The van der Waals surface area contributed by atoms with E-state index in [1.54, 1.807) is 0 Å². The highest BCUT2D eigenvalue weighted by molar-refractivity contribution is 9.10. The van der Waals surface area contributed by atoms with E-state index in [9.17, 15) is 0 Å². The number of benzene rings is 2. The van der Waals surface area contributed by atoms with Crippen LogP contribution in [0.2, 0.25) is 5.02 Å². The smallest absolute Gasteiger partial charge is 0.127 e. The zero-order chi connectivity index (χ0) is 13.4. The van der Waals surface area contributed by atoms with Crippen molar-refractivity contribution in [1.29, 1.82) is 0 Å². The monoisotopic (exact) mass is 337 g/mol. The summed E-state index contributed by atoms with van der Waals surface area (Å²) in [5.74, 6) is 0.859. The van der Waals surface area contributed by atoms with Gasteiger partial charge < -0.3 is 10.5 Å². The lowest BCUT2D eigenvalue weighted by Gasteiger charge is -2.31. The molecule has 1 aliphatic heterocycles. The Morgan fingerprint density at radius 1 is 1.16 bits per heavy atom. The van der Waals surface area contributed by atoms with Crippen LogP contribution in [-0.2, 0) is 0 Å². The number of hydrogen-bond acceptors (Lipinski definition) is 2. The molecule has 4 heteroatoms. The van der Waals surface area contributed by atoms with E-state index in [-0.39, 0.29) is 12.1 Å². The van der Waals surface area contributed by atoms with E-state index in [1.807, 2.05) is 42.5 Å². The maximum absolute atomic E-state index is 6.23. The van der Waals surface area contributed by atoms with Crippen LogP contribution in [0.15, 0.2) is 46.9 Å². The van der Waals surface area contributed by atoms with E-state index in [4.69, 9.17) is 22.1 Å². The van der Waals surface area contributed by atoms with Gasteiger partial charge in [0.25, 0.3) is 0 Å². The Hall–Kier alpha value is -1.03. The van der Waals surface area contributed by atoms with Gasteiger partial charge >= 0.3 is 0 Å². The third kappa shape index (κ3) is 2.50. The average molecular weight is 339 g/mol. The summed E-state index contributed by atoms with van der Waals surface area (Å²) in [5, 5.41) is 0.703. The minimum Gasteiger partial charge on any atom is -0.485 e. The Labute approximate surface area is 125 Å². The summed E-state index contributed by atoms with van der Waals surface area (Å²) in [5.41, 5.74) is 8.34. The number of nitrogens with two attached hydrogens (primary N) is 1. The summed E-state index contributed by atoms with van der Waals surface area (Å²) < 4.78 is 7.05. The van der Waals surface area contributed by atoms with Crippen molar-refractivity contribution in [3.05, 3.63) is 63.1 Å². The van der Waals surface area contributed by atoms with Crippen LogP contribution in [-0.4, -0.2) is 0 Å². The summed E-state index contributed by atoms with van der Waals surface area (Å²) in [6.45, 7) is 0. The molecule has 2 N–H and O–H groups in total. The predicted octanol–water partition coefficient (Wildman–Crippen LogP) is 4.63. The van der Waals surface area contributed by atoms with Gasteiger partial charge in [0.15, 0.2) is 0 Å². The van der Waals surface area contributed by atoms with Crippen molar-refractivity contribution >= 4 is 27.5 Å². The molecule has 0 saturated heterocycles. The molecule has 0 aliphatic carbocycles. The molecule has 2 atom stereocenters. The number of para-hydroxylation sites is 1. The number of halogens is 2. The van der Waals surface area contributed by atoms with Gasteiger partial charge in [-0.3, -0.25) is 0 Å². The van der Waals surface area contributed by atoms with Crippen LogP contribution < -0.4 is 10.5 Å². The van der Waals surface area contributed by atoms with Crippen molar-refractivity contribution in [2.24, 2.45) is 5.73 Å². The lowest BCUT2D eigenvalue weighted by Crippen LogP contribution is -2.24. The number of fused-ring (bicyclic) bond motifs is 1. The quantitative estimate of drug-likeness (QED) is 0.823. The first-order chi connectivity index (χ1) is 9.15. The van der Waals surface area contributed by atoms with Crippen LogP contribution in [0, 0.1) is 0 Å². The molecule has 0 bridgehead atoms.